The molecule has 6 rings (SSSR count). The van der Waals surface area contributed by atoms with Crippen LogP contribution in [0.4, 0.5) is 4.79 Å². The maximum atomic E-state index is 14.1. The number of carbonyl (C=O) groups is 3. The Kier molecular flexibility index (Phi) is 7.30. The number of ketones is 1. The number of fused-ring (bicyclic) bond motifs is 7. The van der Waals surface area contributed by atoms with Crippen molar-refractivity contribution in [1.29, 1.82) is 0 Å². The number of hydrogen-bond donors (Lipinski definition) is 1. The van der Waals surface area contributed by atoms with Crippen molar-refractivity contribution in [3.05, 3.63) is 23.9 Å². The molecular formula is C32H42N4O6. The van der Waals surface area contributed by atoms with E-state index in [0.717, 1.165) is 43.3 Å². The number of Topliss-reactive ketones (excluding diaryl/α,β-unsaturated/α-hetero) is 1. The molecule has 4 aliphatic rings. The van der Waals surface area contributed by atoms with Crippen LogP contribution in [0.5, 0.6) is 11.6 Å². The fraction of sp³-hybridized carbons (Fsp3) is 0.656. The van der Waals surface area contributed by atoms with Gasteiger partial charge in [-0.2, -0.15) is 0 Å². The highest BCUT2D eigenvalue weighted by atomic mass is 16.6. The van der Waals surface area contributed by atoms with Gasteiger partial charge >= 0.3 is 6.09 Å². The number of carbonyl (C=O) groups excluding carboxylic acids is 3. The number of nitrogens with zero attached hydrogens (tertiary/aromatic N) is 3. The molecule has 10 heteroatoms. The highest BCUT2D eigenvalue weighted by Crippen LogP contribution is 2.53. The SMILES string of the molecule is COc1ccc2nc3c(nc2c1)O[C@H]1CN(C(=O)[C@H](C(C)(C)C)NC(=O)O[C@@H]2C[C@H]2CCCC2CC32)[C@H](C(C)=O)[C@@H]1C. The second-order valence-electron chi connectivity index (χ2n) is 13.7. The molecule has 0 radical (unpaired) electrons. The Morgan fingerprint density at radius 3 is 2.52 bits per heavy atom. The molecule has 1 N–H and O–H groups in total. The summed E-state index contributed by atoms with van der Waals surface area (Å²) in [6.07, 6.45) is 3.84. The van der Waals surface area contributed by atoms with Gasteiger partial charge in [0, 0.05) is 17.9 Å². The molecule has 226 valence electrons. The van der Waals surface area contributed by atoms with Crippen LogP contribution in [0.3, 0.4) is 0 Å². The topological polar surface area (TPSA) is 120 Å². The summed E-state index contributed by atoms with van der Waals surface area (Å²) in [7, 11) is 1.62. The van der Waals surface area contributed by atoms with Gasteiger partial charge in [0.05, 0.1) is 30.7 Å². The highest BCUT2D eigenvalue weighted by molar-refractivity contribution is 5.92. The lowest BCUT2D eigenvalue weighted by Gasteiger charge is -2.35. The lowest BCUT2D eigenvalue weighted by molar-refractivity contribution is -0.141. The van der Waals surface area contributed by atoms with Crippen molar-refractivity contribution in [1.82, 2.24) is 20.2 Å². The zero-order valence-electron chi connectivity index (χ0n) is 25.4. The summed E-state index contributed by atoms with van der Waals surface area (Å²) in [4.78, 5) is 51.5. The third-order valence-corrected chi connectivity index (χ3v) is 9.54. The molecule has 8 atom stereocenters. The van der Waals surface area contributed by atoms with Crippen molar-refractivity contribution in [3.8, 4) is 11.6 Å². The molecule has 10 nitrogen and oxygen atoms in total. The molecule has 2 aliphatic carbocycles. The van der Waals surface area contributed by atoms with Crippen LogP contribution < -0.4 is 14.8 Å². The molecule has 2 bridgehead atoms. The Hall–Kier alpha value is -3.43. The summed E-state index contributed by atoms with van der Waals surface area (Å²) in [6, 6.07) is 4.09. The van der Waals surface area contributed by atoms with Crippen molar-refractivity contribution in [2.24, 2.45) is 23.2 Å². The fourth-order valence-electron chi connectivity index (χ4n) is 6.87. The standard InChI is InChI=1S/C32H42N4O6/c1-16-25-15-36(27(16)17(2)37)30(38)28(32(3,4)5)35-31(39)42-24-13-19(24)9-7-8-18-12-21(18)26-29(41-25)34-23-14-20(40-6)10-11-22(23)33-26/h10-11,14,16,18-19,21,24-25,27-28H,7-9,12-13,15H2,1-6H3,(H,35,39)/t16-,18?,19-,21?,24-,25+,27+,28-/m1/s1. The number of ether oxygens (including phenoxy) is 3. The van der Waals surface area contributed by atoms with Crippen molar-refractivity contribution in [2.75, 3.05) is 13.7 Å². The molecule has 2 amide bonds. The van der Waals surface area contributed by atoms with E-state index in [2.05, 4.69) is 5.32 Å². The summed E-state index contributed by atoms with van der Waals surface area (Å²) in [6.45, 7) is 9.33. The number of benzene rings is 1. The fourth-order valence-corrected chi connectivity index (χ4v) is 6.87. The van der Waals surface area contributed by atoms with Gasteiger partial charge in [-0.25, -0.2) is 14.8 Å². The molecule has 2 unspecified atom stereocenters. The van der Waals surface area contributed by atoms with E-state index in [1.807, 2.05) is 45.9 Å². The first kappa shape index (κ1) is 28.7. The van der Waals surface area contributed by atoms with Gasteiger partial charge in [-0.05, 0) is 62.0 Å². The first-order chi connectivity index (χ1) is 19.9. The van der Waals surface area contributed by atoms with Crippen molar-refractivity contribution in [3.63, 3.8) is 0 Å². The zero-order valence-corrected chi connectivity index (χ0v) is 25.4. The summed E-state index contributed by atoms with van der Waals surface area (Å²) in [5, 5.41) is 2.85. The Morgan fingerprint density at radius 2 is 1.81 bits per heavy atom. The molecule has 2 aromatic rings. The second kappa shape index (κ2) is 10.7. The second-order valence-corrected chi connectivity index (χ2v) is 13.7. The van der Waals surface area contributed by atoms with E-state index in [-0.39, 0.29) is 36.2 Å². The average Bonchev–Trinajstić information content (AvgIpc) is 3.84. The van der Waals surface area contributed by atoms with Crippen LogP contribution >= 0.6 is 0 Å². The maximum Gasteiger partial charge on any atom is 0.408 e. The minimum Gasteiger partial charge on any atom is -0.497 e. The van der Waals surface area contributed by atoms with Crippen molar-refractivity contribution < 1.29 is 28.6 Å². The molecule has 3 fully saturated rings. The first-order valence-corrected chi connectivity index (χ1v) is 15.2. The summed E-state index contributed by atoms with van der Waals surface area (Å²) in [5.74, 6) is 1.51. The van der Waals surface area contributed by atoms with Crippen LogP contribution in [0, 0.1) is 23.2 Å². The minimum atomic E-state index is -0.871. The molecule has 2 saturated carbocycles. The Balaban J connectivity index is 1.38. The van der Waals surface area contributed by atoms with Crippen LogP contribution in [-0.2, 0) is 14.3 Å². The Morgan fingerprint density at radius 1 is 1.05 bits per heavy atom. The molecular weight excluding hydrogens is 536 g/mol. The first-order valence-electron chi connectivity index (χ1n) is 15.2. The van der Waals surface area contributed by atoms with Crippen LogP contribution in [0.2, 0.25) is 0 Å². The quantitative estimate of drug-likeness (QED) is 0.548. The summed E-state index contributed by atoms with van der Waals surface area (Å²) < 4.78 is 17.8. The van der Waals surface area contributed by atoms with Crippen LogP contribution in [-0.4, -0.2) is 70.6 Å². The van der Waals surface area contributed by atoms with E-state index in [1.54, 1.807) is 12.0 Å². The van der Waals surface area contributed by atoms with Gasteiger partial charge in [0.25, 0.3) is 0 Å². The monoisotopic (exact) mass is 578 g/mol. The zero-order chi connectivity index (χ0) is 29.9. The smallest absolute Gasteiger partial charge is 0.408 e. The number of methoxy groups -OCH3 is 1. The number of hydrogen-bond acceptors (Lipinski definition) is 8. The highest BCUT2D eigenvalue weighted by Gasteiger charge is 2.50. The van der Waals surface area contributed by atoms with Gasteiger partial charge < -0.3 is 24.4 Å². The van der Waals surface area contributed by atoms with E-state index >= 15 is 0 Å². The average molecular weight is 579 g/mol. The Labute approximate surface area is 246 Å². The number of rotatable bonds is 2. The molecule has 3 heterocycles. The number of aromatic nitrogens is 2. The minimum absolute atomic E-state index is 0.112. The summed E-state index contributed by atoms with van der Waals surface area (Å²) in [5.41, 5.74) is 1.69. The predicted molar refractivity (Wildman–Crippen MR) is 155 cm³/mol. The predicted octanol–water partition coefficient (Wildman–Crippen LogP) is 4.64. The summed E-state index contributed by atoms with van der Waals surface area (Å²) >= 11 is 0. The third-order valence-electron chi connectivity index (χ3n) is 9.54. The van der Waals surface area contributed by atoms with Gasteiger partial charge in [-0.15, -0.1) is 0 Å². The number of nitrogens with one attached hydrogen (secondary N) is 1. The van der Waals surface area contributed by atoms with Gasteiger partial charge in [-0.3, -0.25) is 9.59 Å². The van der Waals surface area contributed by atoms with Crippen molar-refractivity contribution >= 4 is 28.8 Å². The van der Waals surface area contributed by atoms with Crippen LogP contribution in [0.15, 0.2) is 18.2 Å². The molecule has 1 saturated heterocycles. The van der Waals surface area contributed by atoms with Gasteiger partial charge in [0.1, 0.15) is 29.7 Å². The lowest BCUT2D eigenvalue weighted by Crippen LogP contribution is -2.57. The van der Waals surface area contributed by atoms with E-state index in [9.17, 15) is 14.4 Å². The van der Waals surface area contributed by atoms with Gasteiger partial charge in [0.15, 0.2) is 5.78 Å². The van der Waals surface area contributed by atoms with Crippen LogP contribution in [0.1, 0.15) is 78.3 Å². The molecule has 2 aliphatic heterocycles. The van der Waals surface area contributed by atoms with E-state index in [4.69, 9.17) is 24.2 Å². The van der Waals surface area contributed by atoms with E-state index in [1.165, 1.54) is 6.92 Å². The van der Waals surface area contributed by atoms with E-state index in [0.29, 0.717) is 29.0 Å². The largest absolute Gasteiger partial charge is 0.497 e. The number of amides is 2. The van der Waals surface area contributed by atoms with E-state index < -0.39 is 29.7 Å². The Bertz CT molecular complexity index is 1410. The maximum absolute atomic E-state index is 14.1. The lowest BCUT2D eigenvalue weighted by atomic mass is 9.85. The van der Waals surface area contributed by atoms with Gasteiger partial charge in [0.2, 0.25) is 11.8 Å². The van der Waals surface area contributed by atoms with Crippen LogP contribution in [0.25, 0.3) is 11.0 Å². The molecule has 42 heavy (non-hydrogen) atoms. The third kappa shape index (κ3) is 5.52. The number of alkyl carbamates (subject to hydrolysis) is 1. The normalized spacial score (nSPS) is 33.1. The van der Waals surface area contributed by atoms with Gasteiger partial charge in [-0.1, -0.05) is 34.1 Å². The molecule has 1 aromatic heterocycles. The van der Waals surface area contributed by atoms with Crippen molar-refractivity contribution in [2.45, 2.75) is 96.9 Å². The molecule has 0 spiro atoms. The molecule has 1 aromatic carbocycles.